The lowest BCUT2D eigenvalue weighted by Crippen LogP contribution is -2.52. The maximum Gasteiger partial charge on any atom is 0.194 e. The predicted octanol–water partition coefficient (Wildman–Crippen LogP) is 3.18. The van der Waals surface area contributed by atoms with Crippen molar-refractivity contribution in [2.45, 2.75) is 39.7 Å². The van der Waals surface area contributed by atoms with Gasteiger partial charge < -0.3 is 14.7 Å². The molecule has 3 rings (SSSR count). The van der Waals surface area contributed by atoms with Crippen LogP contribution in [0.1, 0.15) is 37.8 Å². The molecule has 0 amide bonds. The summed E-state index contributed by atoms with van der Waals surface area (Å²) < 4.78 is 18.8. The van der Waals surface area contributed by atoms with E-state index in [1.807, 2.05) is 19.1 Å². The van der Waals surface area contributed by atoms with E-state index in [-0.39, 0.29) is 11.2 Å². The van der Waals surface area contributed by atoms with Gasteiger partial charge in [0.15, 0.2) is 5.96 Å². The van der Waals surface area contributed by atoms with E-state index < -0.39 is 0 Å². The highest BCUT2D eigenvalue weighted by molar-refractivity contribution is 5.80. The summed E-state index contributed by atoms with van der Waals surface area (Å²) in [6, 6.07) is 8.80. The van der Waals surface area contributed by atoms with Gasteiger partial charge in [-0.1, -0.05) is 31.1 Å². The highest BCUT2D eigenvalue weighted by atomic mass is 19.1. The average Bonchev–Trinajstić information content (AvgIpc) is 3.10. The van der Waals surface area contributed by atoms with Gasteiger partial charge in [-0.05, 0) is 31.5 Å². The van der Waals surface area contributed by atoms with Gasteiger partial charge in [0.05, 0.1) is 12.2 Å². The van der Waals surface area contributed by atoms with Crippen LogP contribution in [0, 0.1) is 12.7 Å². The Kier molecular flexibility index (Phi) is 6.90. The lowest BCUT2D eigenvalue weighted by atomic mass is 9.85. The zero-order valence-corrected chi connectivity index (χ0v) is 17.9. The molecule has 7 heteroatoms. The molecule has 1 aliphatic heterocycles. The maximum absolute atomic E-state index is 13.6. The molecule has 0 radical (unpaired) electrons. The van der Waals surface area contributed by atoms with Crippen LogP contribution < -0.4 is 5.32 Å². The van der Waals surface area contributed by atoms with Gasteiger partial charge in [0, 0.05) is 50.7 Å². The number of aromatic nitrogens is 1. The Morgan fingerprint density at radius 3 is 2.62 bits per heavy atom. The van der Waals surface area contributed by atoms with Gasteiger partial charge in [0.25, 0.3) is 0 Å². The van der Waals surface area contributed by atoms with E-state index in [9.17, 15) is 4.39 Å². The summed E-state index contributed by atoms with van der Waals surface area (Å²) in [5.74, 6) is 1.57. The molecule has 0 saturated carbocycles. The summed E-state index contributed by atoms with van der Waals surface area (Å²) in [5.41, 5.74) is 1.70. The number of aliphatic imine (C=N–C) groups is 1. The SMILES string of the molecule is CCNC(=NCC(C)(C)c1cccc(F)c1)N1CCN(Cc2cc(C)on2)CC1. The van der Waals surface area contributed by atoms with Crippen molar-refractivity contribution in [3.05, 3.63) is 53.2 Å². The number of aryl methyl sites for hydroxylation is 1. The number of nitrogens with zero attached hydrogens (tertiary/aromatic N) is 4. The lowest BCUT2D eigenvalue weighted by Gasteiger charge is -2.36. The first-order chi connectivity index (χ1) is 13.9. The van der Waals surface area contributed by atoms with Crippen LogP contribution in [0.25, 0.3) is 0 Å². The normalized spacial score (nSPS) is 16.3. The Hall–Kier alpha value is -2.41. The van der Waals surface area contributed by atoms with Crippen molar-refractivity contribution >= 4 is 5.96 Å². The smallest absolute Gasteiger partial charge is 0.194 e. The second-order valence-corrected chi connectivity index (χ2v) is 8.26. The van der Waals surface area contributed by atoms with Crippen molar-refractivity contribution in [3.8, 4) is 0 Å². The Labute approximate surface area is 172 Å². The summed E-state index contributed by atoms with van der Waals surface area (Å²) >= 11 is 0. The topological polar surface area (TPSA) is 56.9 Å². The molecule has 0 aliphatic carbocycles. The van der Waals surface area contributed by atoms with Crippen LogP contribution in [0.5, 0.6) is 0 Å². The summed E-state index contributed by atoms with van der Waals surface area (Å²) in [7, 11) is 0. The van der Waals surface area contributed by atoms with Crippen LogP contribution in [0.15, 0.2) is 39.8 Å². The highest BCUT2D eigenvalue weighted by Gasteiger charge is 2.24. The molecule has 0 atom stereocenters. The molecular formula is C22H32FN5O. The first kappa shape index (κ1) is 21.3. The third kappa shape index (κ3) is 5.79. The van der Waals surface area contributed by atoms with Crippen LogP contribution in [-0.4, -0.2) is 60.2 Å². The van der Waals surface area contributed by atoms with Gasteiger partial charge >= 0.3 is 0 Å². The van der Waals surface area contributed by atoms with Crippen LogP contribution in [0.3, 0.4) is 0 Å². The largest absolute Gasteiger partial charge is 0.361 e. The molecule has 2 aromatic rings. The number of guanidine groups is 1. The second-order valence-electron chi connectivity index (χ2n) is 8.26. The Bertz CT molecular complexity index is 824. The van der Waals surface area contributed by atoms with Gasteiger partial charge in [0.1, 0.15) is 11.6 Å². The molecular weight excluding hydrogens is 369 g/mol. The molecule has 1 fully saturated rings. The second kappa shape index (κ2) is 9.39. The number of hydrogen-bond acceptors (Lipinski definition) is 4. The molecule has 1 saturated heterocycles. The summed E-state index contributed by atoms with van der Waals surface area (Å²) in [4.78, 5) is 9.57. The maximum atomic E-state index is 13.6. The van der Waals surface area contributed by atoms with E-state index in [0.29, 0.717) is 6.54 Å². The van der Waals surface area contributed by atoms with Gasteiger partial charge in [-0.25, -0.2) is 4.39 Å². The zero-order valence-electron chi connectivity index (χ0n) is 17.9. The van der Waals surface area contributed by atoms with E-state index in [1.54, 1.807) is 12.1 Å². The Morgan fingerprint density at radius 1 is 1.24 bits per heavy atom. The summed E-state index contributed by atoms with van der Waals surface area (Å²) in [5, 5.41) is 7.50. The van der Waals surface area contributed by atoms with Crippen LogP contribution in [0.2, 0.25) is 0 Å². The third-order valence-electron chi connectivity index (χ3n) is 5.30. The van der Waals surface area contributed by atoms with Gasteiger partial charge in [-0.15, -0.1) is 0 Å². The molecule has 0 bridgehead atoms. The van der Waals surface area contributed by atoms with Gasteiger partial charge in [-0.2, -0.15) is 0 Å². The number of piperazine rings is 1. The fourth-order valence-corrected chi connectivity index (χ4v) is 3.54. The van der Waals surface area contributed by atoms with Crippen LogP contribution >= 0.6 is 0 Å². The fourth-order valence-electron chi connectivity index (χ4n) is 3.54. The summed E-state index contributed by atoms with van der Waals surface area (Å²) in [6.07, 6.45) is 0. The highest BCUT2D eigenvalue weighted by Crippen LogP contribution is 2.24. The Morgan fingerprint density at radius 2 is 2.00 bits per heavy atom. The lowest BCUT2D eigenvalue weighted by molar-refractivity contribution is 0.169. The van der Waals surface area contributed by atoms with E-state index in [4.69, 9.17) is 9.52 Å². The van der Waals surface area contributed by atoms with Gasteiger partial charge in [-0.3, -0.25) is 9.89 Å². The van der Waals surface area contributed by atoms with Gasteiger partial charge in [0.2, 0.25) is 0 Å². The molecule has 1 aliphatic rings. The molecule has 6 nitrogen and oxygen atoms in total. The molecule has 1 aromatic carbocycles. The minimum Gasteiger partial charge on any atom is -0.361 e. The molecule has 1 aromatic heterocycles. The quantitative estimate of drug-likeness (QED) is 0.595. The molecule has 0 spiro atoms. The van der Waals surface area contributed by atoms with E-state index in [1.165, 1.54) is 6.07 Å². The number of rotatable bonds is 6. The third-order valence-corrected chi connectivity index (χ3v) is 5.30. The standard InChI is InChI=1S/C22H32FN5O/c1-5-24-21(25-16-22(3,4)18-7-6-8-19(23)14-18)28-11-9-27(10-12-28)15-20-13-17(2)29-26-20/h6-8,13-14H,5,9-12,15-16H2,1-4H3,(H,24,25). The number of halogens is 1. The fraction of sp³-hybridized carbons (Fsp3) is 0.545. The van der Waals surface area contributed by atoms with Crippen molar-refractivity contribution in [1.29, 1.82) is 0 Å². The van der Waals surface area contributed by atoms with Crippen LogP contribution in [0.4, 0.5) is 4.39 Å². The Balaban J connectivity index is 1.60. The van der Waals surface area contributed by atoms with Crippen molar-refractivity contribution in [1.82, 2.24) is 20.3 Å². The monoisotopic (exact) mass is 401 g/mol. The number of benzene rings is 1. The van der Waals surface area contributed by atoms with Crippen molar-refractivity contribution in [3.63, 3.8) is 0 Å². The molecule has 2 heterocycles. The van der Waals surface area contributed by atoms with E-state index in [2.05, 4.69) is 41.0 Å². The van der Waals surface area contributed by atoms with E-state index >= 15 is 0 Å². The predicted molar refractivity (Wildman–Crippen MR) is 113 cm³/mol. The molecule has 158 valence electrons. The number of hydrogen-bond donors (Lipinski definition) is 1. The zero-order chi connectivity index (χ0) is 20.9. The molecule has 0 unspecified atom stereocenters. The first-order valence-electron chi connectivity index (χ1n) is 10.3. The van der Waals surface area contributed by atoms with E-state index in [0.717, 1.165) is 62.2 Å². The van der Waals surface area contributed by atoms with Crippen molar-refractivity contribution in [2.75, 3.05) is 39.3 Å². The minimum absolute atomic E-state index is 0.204. The van der Waals surface area contributed by atoms with Crippen molar-refractivity contribution in [2.24, 2.45) is 4.99 Å². The van der Waals surface area contributed by atoms with Crippen molar-refractivity contribution < 1.29 is 8.91 Å². The molecule has 1 N–H and O–H groups in total. The van der Waals surface area contributed by atoms with Crippen LogP contribution in [-0.2, 0) is 12.0 Å². The average molecular weight is 402 g/mol. The summed E-state index contributed by atoms with van der Waals surface area (Å²) in [6.45, 7) is 14.1. The minimum atomic E-state index is -0.241. The number of nitrogens with one attached hydrogen (secondary N) is 1. The molecule has 29 heavy (non-hydrogen) atoms. The first-order valence-corrected chi connectivity index (χ1v) is 10.3.